The van der Waals surface area contributed by atoms with Crippen molar-refractivity contribution in [2.45, 2.75) is 33.2 Å². The molecule has 2 rings (SSSR count). The molecule has 1 N–H and O–H groups in total. The van der Waals surface area contributed by atoms with Crippen LogP contribution in [0.25, 0.3) is 6.08 Å². The number of piperidine rings is 1. The van der Waals surface area contributed by atoms with E-state index in [-0.39, 0.29) is 11.9 Å². The van der Waals surface area contributed by atoms with Gasteiger partial charge in [0.15, 0.2) is 0 Å². The highest BCUT2D eigenvalue weighted by molar-refractivity contribution is 7.12. The molecule has 1 fully saturated rings. The second-order valence-corrected chi connectivity index (χ2v) is 6.81. The van der Waals surface area contributed by atoms with Gasteiger partial charge in [0.05, 0.1) is 4.88 Å². The molecule has 5 heteroatoms. The fraction of sp³-hybridized carbons (Fsp3) is 0.500. The van der Waals surface area contributed by atoms with Crippen LogP contribution in [-0.4, -0.2) is 34.5 Å². The quantitative estimate of drug-likeness (QED) is 0.871. The predicted molar refractivity (Wildman–Crippen MR) is 84.4 cm³/mol. The van der Waals surface area contributed by atoms with Gasteiger partial charge in [0.25, 0.3) is 5.91 Å². The number of carbonyl (C=O) groups excluding carboxylic acids is 1. The summed E-state index contributed by atoms with van der Waals surface area (Å²) < 4.78 is 0. The van der Waals surface area contributed by atoms with E-state index in [4.69, 9.17) is 5.11 Å². The number of rotatable bonds is 3. The Bertz CT molecular complexity index is 564. The van der Waals surface area contributed by atoms with Crippen LogP contribution in [0.15, 0.2) is 17.5 Å². The van der Waals surface area contributed by atoms with Crippen LogP contribution >= 0.6 is 11.3 Å². The number of amides is 1. The van der Waals surface area contributed by atoms with Crippen molar-refractivity contribution < 1.29 is 14.7 Å². The number of hydrogen-bond donors (Lipinski definition) is 1. The van der Waals surface area contributed by atoms with E-state index in [2.05, 4.69) is 20.8 Å². The summed E-state index contributed by atoms with van der Waals surface area (Å²) in [5.74, 6) is -0.0112. The fourth-order valence-corrected chi connectivity index (χ4v) is 3.74. The van der Waals surface area contributed by atoms with E-state index in [0.717, 1.165) is 19.0 Å². The monoisotopic (exact) mass is 307 g/mol. The number of likely N-dealkylation sites (tertiary alicyclic amines) is 1. The standard InChI is InChI=1S/C16H21NO3S/c1-10-8-11(2)12(3)17(9-10)16(20)15-13(6-7-21-15)4-5-14(18)19/h4-7,10-12H,8-9H2,1-3H3,(H,18,19)/b5-4+. The Kier molecular flexibility index (Phi) is 4.83. The van der Waals surface area contributed by atoms with Crippen molar-refractivity contribution in [2.24, 2.45) is 11.8 Å². The van der Waals surface area contributed by atoms with E-state index in [1.165, 1.54) is 17.4 Å². The number of nitrogens with zero attached hydrogens (tertiary/aromatic N) is 1. The molecule has 0 radical (unpaired) electrons. The van der Waals surface area contributed by atoms with Crippen molar-refractivity contribution in [3.05, 3.63) is 28.0 Å². The number of hydrogen-bond acceptors (Lipinski definition) is 3. The second-order valence-electron chi connectivity index (χ2n) is 5.89. The van der Waals surface area contributed by atoms with Crippen molar-refractivity contribution in [3.8, 4) is 0 Å². The Hall–Kier alpha value is -1.62. The molecular formula is C16H21NO3S. The fourth-order valence-electron chi connectivity index (χ4n) is 2.90. The van der Waals surface area contributed by atoms with Gasteiger partial charge in [-0.15, -0.1) is 11.3 Å². The summed E-state index contributed by atoms with van der Waals surface area (Å²) in [7, 11) is 0. The molecule has 1 amide bonds. The summed E-state index contributed by atoms with van der Waals surface area (Å²) in [5.41, 5.74) is 0.686. The van der Waals surface area contributed by atoms with Crippen LogP contribution < -0.4 is 0 Å². The summed E-state index contributed by atoms with van der Waals surface area (Å²) in [6.45, 7) is 7.21. The lowest BCUT2D eigenvalue weighted by Gasteiger charge is -2.41. The van der Waals surface area contributed by atoms with Gasteiger partial charge >= 0.3 is 5.97 Å². The smallest absolute Gasteiger partial charge is 0.328 e. The summed E-state index contributed by atoms with van der Waals surface area (Å²) >= 11 is 1.37. The zero-order valence-electron chi connectivity index (χ0n) is 12.6. The van der Waals surface area contributed by atoms with Gasteiger partial charge in [0.1, 0.15) is 0 Å². The van der Waals surface area contributed by atoms with Crippen LogP contribution in [0.3, 0.4) is 0 Å². The van der Waals surface area contributed by atoms with E-state index < -0.39 is 5.97 Å². The molecule has 1 aromatic rings. The molecule has 3 unspecified atom stereocenters. The molecule has 1 aliphatic heterocycles. The van der Waals surface area contributed by atoms with Crippen molar-refractivity contribution in [3.63, 3.8) is 0 Å². The minimum atomic E-state index is -1.01. The first-order valence-electron chi connectivity index (χ1n) is 7.19. The highest BCUT2D eigenvalue weighted by Crippen LogP contribution is 2.30. The lowest BCUT2D eigenvalue weighted by atomic mass is 9.86. The number of carboxylic acids is 1. The molecule has 114 valence electrons. The maximum atomic E-state index is 12.8. The van der Waals surface area contributed by atoms with Crippen LogP contribution in [0.5, 0.6) is 0 Å². The molecule has 3 atom stereocenters. The van der Waals surface area contributed by atoms with Crippen molar-refractivity contribution in [1.29, 1.82) is 0 Å². The molecule has 1 aliphatic rings. The Labute approximate surface area is 129 Å². The highest BCUT2D eigenvalue weighted by Gasteiger charge is 2.33. The third-order valence-corrected chi connectivity index (χ3v) is 5.07. The lowest BCUT2D eigenvalue weighted by Crippen LogP contribution is -2.48. The van der Waals surface area contributed by atoms with Crippen molar-refractivity contribution >= 4 is 29.3 Å². The first-order chi connectivity index (χ1) is 9.90. The molecular weight excluding hydrogens is 286 g/mol. The van der Waals surface area contributed by atoms with Gasteiger partial charge in [-0.3, -0.25) is 4.79 Å². The first-order valence-corrected chi connectivity index (χ1v) is 8.07. The van der Waals surface area contributed by atoms with E-state index in [9.17, 15) is 9.59 Å². The molecule has 0 aromatic carbocycles. The predicted octanol–water partition coefficient (Wildman–Crippen LogP) is 3.35. The third kappa shape index (κ3) is 3.53. The van der Waals surface area contributed by atoms with E-state index in [1.54, 1.807) is 6.07 Å². The van der Waals surface area contributed by atoms with Gasteiger partial charge in [-0.25, -0.2) is 4.79 Å². The number of carboxylic acid groups (broad SMARTS) is 1. The molecule has 0 aliphatic carbocycles. The summed E-state index contributed by atoms with van der Waals surface area (Å²) in [6, 6.07) is 2.01. The van der Waals surface area contributed by atoms with Crippen LogP contribution in [0.2, 0.25) is 0 Å². The molecule has 0 spiro atoms. The van der Waals surface area contributed by atoms with Crippen molar-refractivity contribution in [2.75, 3.05) is 6.54 Å². The summed E-state index contributed by atoms with van der Waals surface area (Å²) in [4.78, 5) is 26.0. The van der Waals surface area contributed by atoms with Crippen LogP contribution in [-0.2, 0) is 4.79 Å². The van der Waals surface area contributed by atoms with Gasteiger partial charge in [0, 0.05) is 18.7 Å². The Balaban J connectivity index is 2.24. The summed E-state index contributed by atoms with van der Waals surface area (Å²) in [5, 5.41) is 10.6. The zero-order valence-corrected chi connectivity index (χ0v) is 13.4. The molecule has 4 nitrogen and oxygen atoms in total. The first kappa shape index (κ1) is 15.8. The topological polar surface area (TPSA) is 57.6 Å². The average molecular weight is 307 g/mol. The van der Waals surface area contributed by atoms with Crippen LogP contribution in [0.1, 0.15) is 42.4 Å². The molecule has 1 aromatic heterocycles. The average Bonchev–Trinajstić information content (AvgIpc) is 2.88. The SMILES string of the molecule is CC1CC(C)C(C)N(C(=O)c2sccc2/C=C/C(=O)O)C1. The lowest BCUT2D eigenvalue weighted by molar-refractivity contribution is -0.131. The second kappa shape index (κ2) is 6.43. The van der Waals surface area contributed by atoms with Gasteiger partial charge in [-0.2, -0.15) is 0 Å². The van der Waals surface area contributed by atoms with Crippen LogP contribution in [0.4, 0.5) is 0 Å². The van der Waals surface area contributed by atoms with Gasteiger partial charge in [-0.1, -0.05) is 13.8 Å². The van der Waals surface area contributed by atoms with Gasteiger partial charge in [-0.05, 0) is 48.3 Å². The maximum Gasteiger partial charge on any atom is 0.328 e. The number of thiophene rings is 1. The minimum absolute atomic E-state index is 0.0148. The Morgan fingerprint density at radius 2 is 2.10 bits per heavy atom. The van der Waals surface area contributed by atoms with Crippen LogP contribution in [0, 0.1) is 11.8 Å². The Morgan fingerprint density at radius 1 is 1.38 bits per heavy atom. The Morgan fingerprint density at radius 3 is 2.76 bits per heavy atom. The van der Waals surface area contributed by atoms with E-state index in [1.807, 2.05) is 10.3 Å². The molecule has 0 saturated carbocycles. The normalized spacial score (nSPS) is 26.2. The highest BCUT2D eigenvalue weighted by atomic mass is 32.1. The minimum Gasteiger partial charge on any atom is -0.478 e. The molecule has 0 bridgehead atoms. The number of carbonyl (C=O) groups is 2. The third-order valence-electron chi connectivity index (χ3n) is 4.15. The van der Waals surface area contributed by atoms with Gasteiger partial charge in [0.2, 0.25) is 0 Å². The number of aliphatic carboxylic acids is 1. The van der Waals surface area contributed by atoms with E-state index in [0.29, 0.717) is 22.3 Å². The van der Waals surface area contributed by atoms with Gasteiger partial charge < -0.3 is 10.0 Å². The molecule has 1 saturated heterocycles. The van der Waals surface area contributed by atoms with Crippen molar-refractivity contribution in [1.82, 2.24) is 4.90 Å². The zero-order chi connectivity index (χ0) is 15.6. The van der Waals surface area contributed by atoms with E-state index >= 15 is 0 Å². The largest absolute Gasteiger partial charge is 0.478 e. The molecule has 21 heavy (non-hydrogen) atoms. The molecule has 2 heterocycles. The summed E-state index contributed by atoms with van der Waals surface area (Å²) in [6.07, 6.45) is 3.71. The maximum absolute atomic E-state index is 12.8.